The molecule has 0 bridgehead atoms. The average Bonchev–Trinajstić information content (AvgIpc) is 2.82. The zero-order valence-electron chi connectivity index (χ0n) is 11.1. The predicted molar refractivity (Wildman–Crippen MR) is 79.1 cm³/mol. The normalized spacial score (nSPS) is 17.6. The van der Waals surface area contributed by atoms with Gasteiger partial charge in [-0.3, -0.25) is 4.79 Å². The van der Waals surface area contributed by atoms with E-state index in [-0.39, 0.29) is 18.3 Å². The van der Waals surface area contributed by atoms with E-state index in [1.807, 2.05) is 31.2 Å². The molecule has 0 aromatic heterocycles. The molecule has 0 spiro atoms. The molecule has 106 valence electrons. The van der Waals surface area contributed by atoms with Gasteiger partial charge in [-0.15, -0.1) is 12.4 Å². The molecule has 0 aliphatic carbocycles. The van der Waals surface area contributed by atoms with Gasteiger partial charge in [0.1, 0.15) is 5.75 Å². The molecule has 0 radical (unpaired) electrons. The standard InChI is InChI=1S/C14H20N2O2.ClH/c1-2-18-13-7-3-5-12(9-13)16-14(17)10-11-6-4-8-15-11;/h3,5,7,9,11,15H,2,4,6,8,10H2,1H3,(H,16,17);1H. The summed E-state index contributed by atoms with van der Waals surface area (Å²) in [6.45, 7) is 3.60. The molecule has 1 aromatic carbocycles. The summed E-state index contributed by atoms with van der Waals surface area (Å²) in [7, 11) is 0. The van der Waals surface area contributed by atoms with Crippen molar-refractivity contribution in [3.05, 3.63) is 24.3 Å². The predicted octanol–water partition coefficient (Wildman–Crippen LogP) is 2.59. The summed E-state index contributed by atoms with van der Waals surface area (Å²) >= 11 is 0. The van der Waals surface area contributed by atoms with Gasteiger partial charge in [0.05, 0.1) is 6.61 Å². The number of carbonyl (C=O) groups is 1. The van der Waals surface area contributed by atoms with Crippen LogP contribution in [0.5, 0.6) is 5.75 Å². The van der Waals surface area contributed by atoms with Crippen LogP contribution in [0.4, 0.5) is 5.69 Å². The Morgan fingerprint density at radius 3 is 3.05 bits per heavy atom. The summed E-state index contributed by atoms with van der Waals surface area (Å²) in [4.78, 5) is 11.8. The average molecular weight is 285 g/mol. The minimum atomic E-state index is 0. The molecule has 4 nitrogen and oxygen atoms in total. The minimum absolute atomic E-state index is 0. The van der Waals surface area contributed by atoms with Crippen molar-refractivity contribution in [2.45, 2.75) is 32.2 Å². The lowest BCUT2D eigenvalue weighted by atomic mass is 10.1. The number of nitrogens with one attached hydrogen (secondary N) is 2. The molecule has 1 aliphatic heterocycles. The van der Waals surface area contributed by atoms with E-state index < -0.39 is 0 Å². The van der Waals surface area contributed by atoms with Crippen LogP contribution in [0.25, 0.3) is 0 Å². The summed E-state index contributed by atoms with van der Waals surface area (Å²) in [6, 6.07) is 7.83. The highest BCUT2D eigenvalue weighted by atomic mass is 35.5. The molecule has 2 N–H and O–H groups in total. The molecule has 19 heavy (non-hydrogen) atoms. The summed E-state index contributed by atoms with van der Waals surface area (Å²) in [5, 5.41) is 6.23. The van der Waals surface area contributed by atoms with Crippen molar-refractivity contribution in [2.24, 2.45) is 0 Å². The first-order valence-corrected chi connectivity index (χ1v) is 6.54. The third-order valence-corrected chi connectivity index (χ3v) is 3.02. The van der Waals surface area contributed by atoms with Gasteiger partial charge in [0.15, 0.2) is 0 Å². The van der Waals surface area contributed by atoms with Gasteiger partial charge in [0, 0.05) is 24.2 Å². The first-order chi connectivity index (χ1) is 8.78. The number of hydrogen-bond donors (Lipinski definition) is 2. The second-order valence-corrected chi connectivity index (χ2v) is 4.51. The molecule has 1 aromatic rings. The summed E-state index contributed by atoms with van der Waals surface area (Å²) in [5.41, 5.74) is 0.795. The van der Waals surface area contributed by atoms with Gasteiger partial charge in [0.2, 0.25) is 5.91 Å². The zero-order valence-corrected chi connectivity index (χ0v) is 12.0. The highest BCUT2D eigenvalue weighted by molar-refractivity contribution is 5.91. The van der Waals surface area contributed by atoms with Crippen LogP contribution in [0.15, 0.2) is 24.3 Å². The second kappa shape index (κ2) is 8.02. The van der Waals surface area contributed by atoms with E-state index in [1.165, 1.54) is 0 Å². The molecule has 1 heterocycles. The summed E-state index contributed by atoms with van der Waals surface area (Å²) < 4.78 is 5.40. The maximum Gasteiger partial charge on any atom is 0.225 e. The van der Waals surface area contributed by atoms with Gasteiger partial charge in [-0.25, -0.2) is 0 Å². The van der Waals surface area contributed by atoms with Crippen molar-refractivity contribution in [1.82, 2.24) is 5.32 Å². The zero-order chi connectivity index (χ0) is 12.8. The van der Waals surface area contributed by atoms with E-state index in [4.69, 9.17) is 4.74 Å². The van der Waals surface area contributed by atoms with Gasteiger partial charge >= 0.3 is 0 Å². The Balaban J connectivity index is 0.00000180. The highest BCUT2D eigenvalue weighted by Crippen LogP contribution is 2.18. The molecule has 1 atom stereocenters. The Bertz CT molecular complexity index is 406. The topological polar surface area (TPSA) is 50.4 Å². The molecular weight excluding hydrogens is 264 g/mol. The summed E-state index contributed by atoms with van der Waals surface area (Å²) in [5.74, 6) is 0.845. The van der Waals surface area contributed by atoms with Crippen molar-refractivity contribution < 1.29 is 9.53 Å². The number of ether oxygens (including phenoxy) is 1. The highest BCUT2D eigenvalue weighted by Gasteiger charge is 2.17. The van der Waals surface area contributed by atoms with Crippen molar-refractivity contribution in [3.63, 3.8) is 0 Å². The van der Waals surface area contributed by atoms with Gasteiger partial charge < -0.3 is 15.4 Å². The van der Waals surface area contributed by atoms with Crippen LogP contribution < -0.4 is 15.4 Å². The molecule has 0 saturated carbocycles. The fourth-order valence-electron chi connectivity index (χ4n) is 2.20. The lowest BCUT2D eigenvalue weighted by Crippen LogP contribution is -2.27. The number of halogens is 1. The number of carbonyl (C=O) groups excluding carboxylic acids is 1. The number of rotatable bonds is 5. The maximum absolute atomic E-state index is 11.8. The van der Waals surface area contributed by atoms with Gasteiger partial charge in [-0.2, -0.15) is 0 Å². The molecule has 1 unspecified atom stereocenters. The molecule has 1 saturated heterocycles. The largest absolute Gasteiger partial charge is 0.494 e. The van der Waals surface area contributed by atoms with E-state index in [0.717, 1.165) is 30.8 Å². The Labute approximate surface area is 120 Å². The SMILES string of the molecule is CCOc1cccc(NC(=O)CC2CCCN2)c1.Cl. The van der Waals surface area contributed by atoms with Gasteiger partial charge in [0.25, 0.3) is 0 Å². The Kier molecular flexibility index (Phi) is 6.67. The first-order valence-electron chi connectivity index (χ1n) is 6.54. The van der Waals surface area contributed by atoms with E-state index in [9.17, 15) is 4.79 Å². The van der Waals surface area contributed by atoms with E-state index in [2.05, 4.69) is 10.6 Å². The van der Waals surface area contributed by atoms with Crippen LogP contribution in [0, 0.1) is 0 Å². The molecule has 2 rings (SSSR count). The quantitative estimate of drug-likeness (QED) is 0.874. The third kappa shape index (κ3) is 5.09. The monoisotopic (exact) mass is 284 g/mol. The number of hydrogen-bond acceptors (Lipinski definition) is 3. The van der Waals surface area contributed by atoms with Crippen LogP contribution in [0.3, 0.4) is 0 Å². The number of amides is 1. The molecule has 5 heteroatoms. The van der Waals surface area contributed by atoms with E-state index in [0.29, 0.717) is 19.1 Å². The molecule has 1 amide bonds. The number of benzene rings is 1. The van der Waals surface area contributed by atoms with Gasteiger partial charge in [-0.05, 0) is 38.4 Å². The second-order valence-electron chi connectivity index (χ2n) is 4.51. The Morgan fingerprint density at radius 1 is 1.53 bits per heavy atom. The minimum Gasteiger partial charge on any atom is -0.494 e. The van der Waals surface area contributed by atoms with Crippen molar-refractivity contribution in [1.29, 1.82) is 0 Å². The van der Waals surface area contributed by atoms with Crippen LogP contribution in [0.1, 0.15) is 26.2 Å². The maximum atomic E-state index is 11.8. The smallest absolute Gasteiger partial charge is 0.225 e. The van der Waals surface area contributed by atoms with Crippen LogP contribution in [-0.4, -0.2) is 25.1 Å². The van der Waals surface area contributed by atoms with Crippen molar-refractivity contribution in [2.75, 3.05) is 18.5 Å². The molecule has 1 aliphatic rings. The van der Waals surface area contributed by atoms with Crippen LogP contribution in [-0.2, 0) is 4.79 Å². The Hall–Kier alpha value is -1.26. The first kappa shape index (κ1) is 15.8. The fourth-order valence-corrected chi connectivity index (χ4v) is 2.20. The van der Waals surface area contributed by atoms with Crippen LogP contribution in [0.2, 0.25) is 0 Å². The molecular formula is C14H21ClN2O2. The molecule has 1 fully saturated rings. The lowest BCUT2D eigenvalue weighted by Gasteiger charge is -2.11. The third-order valence-electron chi connectivity index (χ3n) is 3.02. The van der Waals surface area contributed by atoms with E-state index in [1.54, 1.807) is 0 Å². The summed E-state index contributed by atoms with van der Waals surface area (Å²) in [6.07, 6.45) is 2.79. The van der Waals surface area contributed by atoms with Crippen molar-refractivity contribution >= 4 is 24.0 Å². The Morgan fingerprint density at radius 2 is 2.37 bits per heavy atom. The van der Waals surface area contributed by atoms with Crippen LogP contribution >= 0.6 is 12.4 Å². The fraction of sp³-hybridized carbons (Fsp3) is 0.500. The van der Waals surface area contributed by atoms with Gasteiger partial charge in [-0.1, -0.05) is 6.07 Å². The number of anilines is 1. The van der Waals surface area contributed by atoms with Crippen molar-refractivity contribution in [3.8, 4) is 5.75 Å². The lowest BCUT2D eigenvalue weighted by molar-refractivity contribution is -0.116. The van der Waals surface area contributed by atoms with E-state index >= 15 is 0 Å².